The maximum Gasteiger partial charge on any atom is 0.234 e. The number of nitrogens with one attached hydrogen (secondary N) is 1. The first-order valence-electron chi connectivity index (χ1n) is 11.6. The zero-order valence-electron chi connectivity index (χ0n) is 19.6. The SMILES string of the molecule is CC[C@@H](C)c1ccccc1NC(=O)CSc1nnc(Cc2cccs2)n1CCc1ccccc1. The van der Waals surface area contributed by atoms with Crippen LogP contribution < -0.4 is 5.32 Å². The second-order valence-corrected chi connectivity index (χ2v) is 10.3. The van der Waals surface area contributed by atoms with Crippen LogP contribution in [0.15, 0.2) is 77.3 Å². The summed E-state index contributed by atoms with van der Waals surface area (Å²) < 4.78 is 2.16. The number of nitrogens with zero attached hydrogens (tertiary/aromatic N) is 3. The van der Waals surface area contributed by atoms with Gasteiger partial charge in [-0.3, -0.25) is 4.79 Å². The molecule has 2 heterocycles. The number of thioether (sulfide) groups is 1. The number of hydrogen-bond donors (Lipinski definition) is 1. The molecule has 0 aliphatic heterocycles. The van der Waals surface area contributed by atoms with E-state index in [1.54, 1.807) is 11.3 Å². The summed E-state index contributed by atoms with van der Waals surface area (Å²) >= 11 is 3.17. The monoisotopic (exact) mass is 490 g/mol. The van der Waals surface area contributed by atoms with E-state index in [9.17, 15) is 4.79 Å². The van der Waals surface area contributed by atoms with E-state index in [1.165, 1.54) is 27.8 Å². The maximum absolute atomic E-state index is 12.8. The van der Waals surface area contributed by atoms with Gasteiger partial charge < -0.3 is 9.88 Å². The quantitative estimate of drug-likeness (QED) is 0.247. The molecule has 0 saturated heterocycles. The van der Waals surface area contributed by atoms with Crippen molar-refractivity contribution in [2.24, 2.45) is 0 Å². The van der Waals surface area contributed by atoms with Gasteiger partial charge in [0.15, 0.2) is 5.16 Å². The molecule has 7 heteroatoms. The molecule has 1 atom stereocenters. The second-order valence-electron chi connectivity index (χ2n) is 8.28. The number of hydrogen-bond acceptors (Lipinski definition) is 5. The number of thiophene rings is 1. The predicted octanol–water partition coefficient (Wildman–Crippen LogP) is 6.42. The lowest BCUT2D eigenvalue weighted by Gasteiger charge is -2.15. The van der Waals surface area contributed by atoms with E-state index in [0.29, 0.717) is 5.92 Å². The van der Waals surface area contributed by atoms with Crippen molar-refractivity contribution in [1.82, 2.24) is 14.8 Å². The molecule has 0 bridgehead atoms. The lowest BCUT2D eigenvalue weighted by atomic mass is 9.97. The summed E-state index contributed by atoms with van der Waals surface area (Å²) in [6.45, 7) is 5.12. The van der Waals surface area contributed by atoms with Gasteiger partial charge in [0.05, 0.1) is 5.75 Å². The van der Waals surface area contributed by atoms with Crippen LogP contribution in [0, 0.1) is 0 Å². The summed E-state index contributed by atoms with van der Waals surface area (Å²) in [6, 6.07) is 22.7. The minimum Gasteiger partial charge on any atom is -0.325 e. The van der Waals surface area contributed by atoms with Crippen molar-refractivity contribution >= 4 is 34.7 Å². The third kappa shape index (κ3) is 6.36. The van der Waals surface area contributed by atoms with Gasteiger partial charge in [0.2, 0.25) is 5.91 Å². The van der Waals surface area contributed by atoms with E-state index in [1.807, 2.05) is 24.3 Å². The van der Waals surface area contributed by atoms with Crippen LogP contribution in [0.25, 0.3) is 0 Å². The number of rotatable bonds is 11. The summed E-state index contributed by atoms with van der Waals surface area (Å²) in [5.74, 6) is 1.59. The highest BCUT2D eigenvalue weighted by molar-refractivity contribution is 7.99. The highest BCUT2D eigenvalue weighted by atomic mass is 32.2. The van der Waals surface area contributed by atoms with Gasteiger partial charge in [0.1, 0.15) is 5.82 Å². The molecule has 0 spiro atoms. The molecule has 1 N–H and O–H groups in total. The van der Waals surface area contributed by atoms with E-state index >= 15 is 0 Å². The first-order valence-corrected chi connectivity index (χ1v) is 13.5. The smallest absolute Gasteiger partial charge is 0.234 e. The van der Waals surface area contributed by atoms with E-state index in [-0.39, 0.29) is 11.7 Å². The second kappa shape index (κ2) is 12.0. The van der Waals surface area contributed by atoms with Crippen LogP contribution in [0.3, 0.4) is 0 Å². The largest absolute Gasteiger partial charge is 0.325 e. The first kappa shape index (κ1) is 24.2. The third-order valence-electron chi connectivity index (χ3n) is 5.88. The molecule has 34 heavy (non-hydrogen) atoms. The summed E-state index contributed by atoms with van der Waals surface area (Å²) in [4.78, 5) is 14.1. The third-order valence-corrected chi connectivity index (χ3v) is 7.73. The molecule has 0 radical (unpaired) electrons. The number of anilines is 1. The Morgan fingerprint density at radius 2 is 1.85 bits per heavy atom. The highest BCUT2D eigenvalue weighted by Crippen LogP contribution is 2.27. The van der Waals surface area contributed by atoms with Gasteiger partial charge in [0, 0.05) is 23.5 Å². The zero-order valence-corrected chi connectivity index (χ0v) is 21.2. The molecule has 0 fully saturated rings. The number of para-hydroxylation sites is 1. The number of aryl methyl sites for hydroxylation is 1. The lowest BCUT2D eigenvalue weighted by molar-refractivity contribution is -0.113. The van der Waals surface area contributed by atoms with Crippen molar-refractivity contribution in [1.29, 1.82) is 0 Å². The van der Waals surface area contributed by atoms with Gasteiger partial charge in [-0.15, -0.1) is 21.5 Å². The van der Waals surface area contributed by atoms with Gasteiger partial charge >= 0.3 is 0 Å². The van der Waals surface area contributed by atoms with Crippen LogP contribution in [0.5, 0.6) is 0 Å². The number of amides is 1. The van der Waals surface area contributed by atoms with Gasteiger partial charge in [-0.25, -0.2) is 0 Å². The van der Waals surface area contributed by atoms with E-state index in [0.717, 1.165) is 42.5 Å². The Balaban J connectivity index is 1.45. The van der Waals surface area contributed by atoms with Gasteiger partial charge in [-0.05, 0) is 47.4 Å². The standard InChI is InChI=1S/C27H30N4OS2/c1-3-20(2)23-13-7-8-14-24(23)28-26(32)19-34-27-30-29-25(18-22-12-9-17-33-22)31(27)16-15-21-10-5-4-6-11-21/h4-14,17,20H,3,15-16,18-19H2,1-2H3,(H,28,32)/t20-/m1/s1. The first-order chi connectivity index (χ1) is 16.6. The fraction of sp³-hybridized carbons (Fsp3) is 0.296. The molecule has 5 nitrogen and oxygen atoms in total. The Morgan fingerprint density at radius 3 is 2.62 bits per heavy atom. The summed E-state index contributed by atoms with van der Waals surface area (Å²) in [5.41, 5.74) is 3.34. The molecule has 0 aliphatic rings. The number of carbonyl (C=O) groups is 1. The Labute approximate surface area is 209 Å². The lowest BCUT2D eigenvalue weighted by Crippen LogP contribution is -2.16. The summed E-state index contributed by atoms with van der Waals surface area (Å²) in [6.07, 6.45) is 2.66. The van der Waals surface area contributed by atoms with Crippen molar-refractivity contribution in [2.75, 3.05) is 11.1 Å². The molecule has 2 aromatic heterocycles. The molecule has 4 aromatic rings. The van der Waals surface area contributed by atoms with Gasteiger partial charge in [-0.2, -0.15) is 0 Å². The molecular weight excluding hydrogens is 460 g/mol. The van der Waals surface area contributed by atoms with Crippen LogP contribution >= 0.6 is 23.1 Å². The molecule has 0 aliphatic carbocycles. The number of carbonyl (C=O) groups excluding carboxylic acids is 1. The van der Waals surface area contributed by atoms with Gasteiger partial charge in [-0.1, -0.05) is 80.2 Å². The van der Waals surface area contributed by atoms with Crippen LogP contribution in [-0.2, 0) is 24.2 Å². The van der Waals surface area contributed by atoms with Crippen LogP contribution in [-0.4, -0.2) is 26.4 Å². The molecule has 4 rings (SSSR count). The molecular formula is C27H30N4OS2. The van der Waals surface area contributed by atoms with Crippen molar-refractivity contribution in [3.8, 4) is 0 Å². The van der Waals surface area contributed by atoms with Crippen molar-refractivity contribution in [3.63, 3.8) is 0 Å². The van der Waals surface area contributed by atoms with Crippen LogP contribution in [0.2, 0.25) is 0 Å². The zero-order chi connectivity index (χ0) is 23.8. The number of aromatic nitrogens is 3. The van der Waals surface area contributed by atoms with Gasteiger partial charge in [0.25, 0.3) is 0 Å². The van der Waals surface area contributed by atoms with Crippen LogP contribution in [0.1, 0.15) is 48.0 Å². The Kier molecular flexibility index (Phi) is 8.55. The summed E-state index contributed by atoms with van der Waals surface area (Å²) in [7, 11) is 0. The molecule has 0 unspecified atom stereocenters. The average molecular weight is 491 g/mol. The van der Waals surface area contributed by atoms with Crippen molar-refractivity contribution in [3.05, 3.63) is 93.9 Å². The Morgan fingerprint density at radius 1 is 1.06 bits per heavy atom. The van der Waals surface area contributed by atoms with E-state index in [4.69, 9.17) is 0 Å². The number of benzene rings is 2. The van der Waals surface area contributed by atoms with E-state index < -0.39 is 0 Å². The van der Waals surface area contributed by atoms with Crippen molar-refractivity contribution < 1.29 is 4.79 Å². The molecule has 0 saturated carbocycles. The summed E-state index contributed by atoms with van der Waals surface area (Å²) in [5, 5.41) is 14.9. The average Bonchev–Trinajstić information content (AvgIpc) is 3.52. The minimum absolute atomic E-state index is 0.0295. The van der Waals surface area contributed by atoms with Crippen molar-refractivity contribution in [2.45, 2.75) is 50.7 Å². The minimum atomic E-state index is -0.0295. The highest BCUT2D eigenvalue weighted by Gasteiger charge is 2.16. The predicted molar refractivity (Wildman–Crippen MR) is 142 cm³/mol. The maximum atomic E-state index is 12.8. The fourth-order valence-electron chi connectivity index (χ4n) is 3.81. The topological polar surface area (TPSA) is 59.8 Å². The molecule has 176 valence electrons. The molecule has 1 amide bonds. The Hall–Kier alpha value is -2.90. The Bertz CT molecular complexity index is 1190. The fourth-order valence-corrected chi connectivity index (χ4v) is 5.30. The normalized spacial score (nSPS) is 11.9. The van der Waals surface area contributed by atoms with E-state index in [2.05, 4.69) is 81.8 Å². The molecule has 2 aromatic carbocycles. The van der Waals surface area contributed by atoms with Crippen LogP contribution in [0.4, 0.5) is 5.69 Å².